The van der Waals surface area contributed by atoms with Crippen LogP contribution in [0.25, 0.3) is 10.9 Å². The molecular formula is C22H22ClFN2O3S. The van der Waals surface area contributed by atoms with Crippen LogP contribution in [0, 0.1) is 11.7 Å². The molecule has 0 atom stereocenters. The first-order chi connectivity index (χ1) is 14.3. The van der Waals surface area contributed by atoms with Crippen LogP contribution in [0.1, 0.15) is 19.8 Å². The fourth-order valence-corrected chi connectivity index (χ4v) is 5.63. The smallest absolute Gasteiger partial charge is 0.210 e. The highest BCUT2D eigenvalue weighted by Gasteiger charge is 2.29. The van der Waals surface area contributed by atoms with Crippen LogP contribution in [0.2, 0.25) is 5.02 Å². The van der Waals surface area contributed by atoms with Gasteiger partial charge in [0.2, 0.25) is 9.84 Å². The minimum Gasteiger partial charge on any atom is -0.495 e. The molecule has 8 heteroatoms. The van der Waals surface area contributed by atoms with Gasteiger partial charge in [0.05, 0.1) is 22.7 Å². The Balaban J connectivity index is 1.94. The monoisotopic (exact) mass is 448 g/mol. The highest BCUT2D eigenvalue weighted by atomic mass is 35.5. The average molecular weight is 449 g/mol. The molecule has 0 aliphatic carbocycles. The first kappa shape index (κ1) is 20.9. The molecule has 0 unspecified atom stereocenters. The van der Waals surface area contributed by atoms with E-state index in [0.717, 1.165) is 12.8 Å². The summed E-state index contributed by atoms with van der Waals surface area (Å²) in [4.78, 5) is 6.28. The molecule has 1 fully saturated rings. The number of methoxy groups -OCH3 is 1. The number of pyridine rings is 1. The third kappa shape index (κ3) is 3.61. The largest absolute Gasteiger partial charge is 0.495 e. The van der Waals surface area contributed by atoms with E-state index in [0.29, 0.717) is 35.8 Å². The molecule has 2 heterocycles. The van der Waals surface area contributed by atoms with E-state index in [9.17, 15) is 12.8 Å². The van der Waals surface area contributed by atoms with E-state index >= 15 is 0 Å². The summed E-state index contributed by atoms with van der Waals surface area (Å²) in [5.74, 6) is 0.474. The van der Waals surface area contributed by atoms with Crippen molar-refractivity contribution in [1.82, 2.24) is 4.98 Å². The number of piperidine rings is 1. The zero-order chi connectivity index (χ0) is 21.5. The van der Waals surface area contributed by atoms with E-state index in [-0.39, 0.29) is 20.3 Å². The zero-order valence-electron chi connectivity index (χ0n) is 16.7. The lowest BCUT2D eigenvalue weighted by Gasteiger charge is -2.34. The Morgan fingerprint density at radius 2 is 1.93 bits per heavy atom. The van der Waals surface area contributed by atoms with Crippen LogP contribution in [0.15, 0.2) is 52.4 Å². The van der Waals surface area contributed by atoms with Gasteiger partial charge < -0.3 is 9.64 Å². The summed E-state index contributed by atoms with van der Waals surface area (Å²) in [5.41, 5.74) is 0.663. The predicted molar refractivity (Wildman–Crippen MR) is 116 cm³/mol. The van der Waals surface area contributed by atoms with Crippen molar-refractivity contribution in [1.29, 1.82) is 0 Å². The van der Waals surface area contributed by atoms with Gasteiger partial charge in [0.15, 0.2) is 0 Å². The molecule has 0 bridgehead atoms. The average Bonchev–Trinajstić information content (AvgIpc) is 2.74. The third-order valence-electron chi connectivity index (χ3n) is 5.61. The number of sulfone groups is 1. The Morgan fingerprint density at radius 1 is 1.20 bits per heavy atom. The van der Waals surface area contributed by atoms with Gasteiger partial charge in [-0.15, -0.1) is 0 Å². The number of hydrogen-bond acceptors (Lipinski definition) is 5. The molecular weight excluding hydrogens is 427 g/mol. The fraction of sp³-hybridized carbons (Fsp3) is 0.318. The molecule has 2 aromatic carbocycles. The van der Waals surface area contributed by atoms with Gasteiger partial charge in [-0.3, -0.25) is 4.98 Å². The Morgan fingerprint density at radius 3 is 2.60 bits per heavy atom. The molecule has 158 valence electrons. The van der Waals surface area contributed by atoms with Gasteiger partial charge in [0.1, 0.15) is 22.0 Å². The van der Waals surface area contributed by atoms with Crippen molar-refractivity contribution in [3.05, 3.63) is 53.4 Å². The molecule has 0 N–H and O–H groups in total. The Kier molecular flexibility index (Phi) is 5.59. The highest BCUT2D eigenvalue weighted by molar-refractivity contribution is 7.91. The number of benzene rings is 2. The number of hydrogen-bond donors (Lipinski definition) is 0. The maximum absolute atomic E-state index is 14.4. The second kappa shape index (κ2) is 8.04. The minimum absolute atomic E-state index is 0.0393. The lowest BCUT2D eigenvalue weighted by atomic mass is 9.98. The summed E-state index contributed by atoms with van der Waals surface area (Å²) < 4.78 is 46.7. The third-order valence-corrected chi connectivity index (χ3v) is 7.66. The van der Waals surface area contributed by atoms with Crippen molar-refractivity contribution >= 4 is 38.0 Å². The summed E-state index contributed by atoms with van der Waals surface area (Å²) in [5, 5.41) is 0.692. The first-order valence-electron chi connectivity index (χ1n) is 9.73. The van der Waals surface area contributed by atoms with E-state index in [1.165, 1.54) is 37.6 Å². The first-order valence-corrected chi connectivity index (χ1v) is 11.6. The maximum Gasteiger partial charge on any atom is 0.210 e. The van der Waals surface area contributed by atoms with Gasteiger partial charge in [-0.25, -0.2) is 12.8 Å². The molecule has 1 aliphatic rings. The van der Waals surface area contributed by atoms with Crippen LogP contribution in [0.4, 0.5) is 10.1 Å². The Bertz CT molecular complexity index is 1210. The molecule has 30 heavy (non-hydrogen) atoms. The number of ether oxygens (including phenoxy) is 1. The van der Waals surface area contributed by atoms with E-state index < -0.39 is 15.7 Å². The van der Waals surface area contributed by atoms with Crippen molar-refractivity contribution in [3.63, 3.8) is 0 Å². The maximum atomic E-state index is 14.4. The van der Waals surface area contributed by atoms with E-state index in [1.54, 1.807) is 12.1 Å². The van der Waals surface area contributed by atoms with E-state index in [2.05, 4.69) is 11.9 Å². The highest BCUT2D eigenvalue weighted by Crippen LogP contribution is 2.39. The SMILES string of the molecule is COc1ccc(S(=O)(=O)c2cnc3c(F)cccc3c2N2CCC(C)CC2)cc1Cl. The Hall–Kier alpha value is -2.38. The number of aromatic nitrogens is 1. The summed E-state index contributed by atoms with van der Waals surface area (Å²) >= 11 is 6.18. The van der Waals surface area contributed by atoms with Crippen molar-refractivity contribution in [2.45, 2.75) is 29.6 Å². The molecule has 5 nitrogen and oxygen atoms in total. The number of para-hydroxylation sites is 1. The van der Waals surface area contributed by atoms with Crippen molar-refractivity contribution in [2.24, 2.45) is 5.92 Å². The second-order valence-corrected chi connectivity index (χ2v) is 9.90. The fourth-order valence-electron chi connectivity index (χ4n) is 3.85. The minimum atomic E-state index is -3.95. The van der Waals surface area contributed by atoms with Crippen LogP contribution in [-0.4, -0.2) is 33.6 Å². The number of nitrogens with zero attached hydrogens (tertiary/aromatic N) is 2. The molecule has 0 spiro atoms. The van der Waals surface area contributed by atoms with Crippen LogP contribution in [-0.2, 0) is 9.84 Å². The number of fused-ring (bicyclic) bond motifs is 1. The van der Waals surface area contributed by atoms with E-state index in [4.69, 9.17) is 16.3 Å². The van der Waals surface area contributed by atoms with Gasteiger partial charge in [-0.1, -0.05) is 30.7 Å². The van der Waals surface area contributed by atoms with Crippen LogP contribution >= 0.6 is 11.6 Å². The topological polar surface area (TPSA) is 59.5 Å². The van der Waals surface area contributed by atoms with Gasteiger partial charge in [0.25, 0.3) is 0 Å². The predicted octanol–water partition coefficient (Wildman–Crippen LogP) is 5.11. The summed E-state index contributed by atoms with van der Waals surface area (Å²) in [7, 11) is -2.49. The summed E-state index contributed by atoms with van der Waals surface area (Å²) in [6.45, 7) is 3.57. The van der Waals surface area contributed by atoms with Crippen molar-refractivity contribution in [2.75, 3.05) is 25.1 Å². The molecule has 0 amide bonds. The lowest BCUT2D eigenvalue weighted by Crippen LogP contribution is -2.34. The molecule has 0 saturated carbocycles. The summed E-state index contributed by atoms with van der Waals surface area (Å²) in [6.07, 6.45) is 3.13. The molecule has 4 rings (SSSR count). The zero-order valence-corrected chi connectivity index (χ0v) is 18.3. The van der Waals surface area contributed by atoms with Crippen LogP contribution < -0.4 is 9.64 Å². The quantitative estimate of drug-likeness (QED) is 0.555. The van der Waals surface area contributed by atoms with Gasteiger partial charge >= 0.3 is 0 Å². The second-order valence-electron chi connectivity index (χ2n) is 7.58. The number of halogens is 2. The van der Waals surface area contributed by atoms with Crippen LogP contribution in [0.3, 0.4) is 0 Å². The molecule has 1 saturated heterocycles. The molecule has 1 aliphatic heterocycles. The number of anilines is 1. The number of rotatable bonds is 4. The van der Waals surface area contributed by atoms with Gasteiger partial charge in [-0.2, -0.15) is 0 Å². The van der Waals surface area contributed by atoms with Crippen molar-refractivity contribution in [3.8, 4) is 5.75 Å². The molecule has 0 radical (unpaired) electrons. The normalized spacial score (nSPS) is 15.5. The lowest BCUT2D eigenvalue weighted by molar-refractivity contribution is 0.414. The van der Waals surface area contributed by atoms with E-state index in [1.807, 2.05) is 4.90 Å². The van der Waals surface area contributed by atoms with Crippen molar-refractivity contribution < 1.29 is 17.5 Å². The molecule has 1 aromatic heterocycles. The van der Waals surface area contributed by atoms with Gasteiger partial charge in [0, 0.05) is 24.7 Å². The standard InChI is InChI=1S/C22H22ClFN2O3S/c1-14-8-10-26(11-9-14)22-16-4-3-5-18(24)21(16)25-13-20(22)30(27,28)15-6-7-19(29-2)17(23)12-15/h3-7,12-14H,8-11H2,1-2H3. The summed E-state index contributed by atoms with van der Waals surface area (Å²) in [6, 6.07) is 8.97. The van der Waals surface area contributed by atoms with Gasteiger partial charge in [-0.05, 0) is 43.0 Å². The molecule has 3 aromatic rings. The van der Waals surface area contributed by atoms with Crippen LogP contribution in [0.5, 0.6) is 5.75 Å². The Labute approximate surface area is 180 Å².